The van der Waals surface area contributed by atoms with Gasteiger partial charge in [0.25, 0.3) is 0 Å². The number of halogens is 1. The highest BCUT2D eigenvalue weighted by Gasteiger charge is 2.18. The van der Waals surface area contributed by atoms with Crippen LogP contribution < -0.4 is 5.32 Å². The minimum atomic E-state index is 0.416. The van der Waals surface area contributed by atoms with E-state index in [-0.39, 0.29) is 0 Å². The summed E-state index contributed by atoms with van der Waals surface area (Å²) in [5.41, 5.74) is 0. The molecule has 1 atom stereocenters. The Balaban J connectivity index is 2.34. The molecule has 0 amide bonds. The number of hydrogen-bond acceptors (Lipinski definition) is 3. The SMILES string of the molecule is N#CCC1CNCCN1I. The number of rotatable bonds is 1. The monoisotopic (exact) mass is 251 g/mol. The molecule has 0 bridgehead atoms. The Bertz CT molecular complexity index is 142. The van der Waals surface area contributed by atoms with Gasteiger partial charge in [-0.05, 0) is 0 Å². The van der Waals surface area contributed by atoms with Crippen LogP contribution >= 0.6 is 22.9 Å². The Labute approximate surface area is 74.9 Å². The Kier molecular flexibility index (Phi) is 3.39. The first-order chi connectivity index (χ1) is 4.84. The van der Waals surface area contributed by atoms with Crippen molar-refractivity contribution >= 4 is 22.9 Å². The van der Waals surface area contributed by atoms with Crippen molar-refractivity contribution in [3.8, 4) is 6.07 Å². The normalized spacial score (nSPS) is 27.8. The number of nitrogens with one attached hydrogen (secondary N) is 1. The molecule has 0 saturated carbocycles. The highest BCUT2D eigenvalue weighted by Crippen LogP contribution is 2.11. The number of piperazine rings is 1. The zero-order valence-corrected chi connectivity index (χ0v) is 7.84. The maximum absolute atomic E-state index is 8.43. The number of hydrogen-bond donors (Lipinski definition) is 1. The zero-order valence-electron chi connectivity index (χ0n) is 5.68. The first kappa shape index (κ1) is 8.24. The van der Waals surface area contributed by atoms with Gasteiger partial charge >= 0.3 is 0 Å². The molecule has 0 aromatic heterocycles. The predicted molar refractivity (Wildman–Crippen MR) is 47.6 cm³/mol. The van der Waals surface area contributed by atoms with E-state index >= 15 is 0 Å². The molecule has 0 radical (unpaired) electrons. The summed E-state index contributed by atoms with van der Waals surface area (Å²) in [7, 11) is 0. The smallest absolute Gasteiger partial charge is 0.0639 e. The van der Waals surface area contributed by atoms with Gasteiger partial charge < -0.3 is 5.32 Å². The average Bonchev–Trinajstić information content (AvgIpc) is 1.94. The van der Waals surface area contributed by atoms with Crippen LogP contribution in [0.5, 0.6) is 0 Å². The fourth-order valence-electron chi connectivity index (χ4n) is 1.01. The van der Waals surface area contributed by atoms with Crippen molar-refractivity contribution in [1.29, 1.82) is 5.26 Å². The Morgan fingerprint density at radius 2 is 2.60 bits per heavy atom. The molecule has 1 aliphatic heterocycles. The summed E-state index contributed by atoms with van der Waals surface area (Å²) in [5.74, 6) is 0. The first-order valence-electron chi connectivity index (χ1n) is 3.34. The molecule has 10 heavy (non-hydrogen) atoms. The van der Waals surface area contributed by atoms with E-state index in [0.717, 1.165) is 19.6 Å². The third-order valence-electron chi connectivity index (χ3n) is 1.61. The molecule has 0 aromatic carbocycles. The number of nitrogens with zero attached hydrogens (tertiary/aromatic N) is 2. The van der Waals surface area contributed by atoms with Gasteiger partial charge in [-0.2, -0.15) is 5.26 Å². The molecule has 0 aromatic rings. The molecule has 0 spiro atoms. The largest absolute Gasteiger partial charge is 0.314 e. The second-order valence-corrected chi connectivity index (χ2v) is 3.58. The predicted octanol–water partition coefficient (Wildman–Crippen LogP) is 0.524. The molecular formula is C6H10IN3. The molecule has 1 unspecified atom stereocenters. The quantitative estimate of drug-likeness (QED) is 0.545. The highest BCUT2D eigenvalue weighted by molar-refractivity contribution is 14.1. The van der Waals surface area contributed by atoms with Crippen molar-refractivity contribution in [2.75, 3.05) is 19.6 Å². The topological polar surface area (TPSA) is 39.1 Å². The molecule has 56 valence electrons. The van der Waals surface area contributed by atoms with E-state index in [2.05, 4.69) is 37.4 Å². The van der Waals surface area contributed by atoms with E-state index in [1.165, 1.54) is 0 Å². The zero-order chi connectivity index (χ0) is 7.40. The first-order valence-corrected chi connectivity index (χ1v) is 4.31. The van der Waals surface area contributed by atoms with Gasteiger partial charge in [0.05, 0.1) is 12.5 Å². The molecule has 1 aliphatic rings. The van der Waals surface area contributed by atoms with Gasteiger partial charge in [-0.15, -0.1) is 0 Å². The summed E-state index contributed by atoms with van der Waals surface area (Å²) in [6.07, 6.45) is 0.635. The maximum Gasteiger partial charge on any atom is 0.0639 e. The summed E-state index contributed by atoms with van der Waals surface area (Å²) in [6, 6.07) is 2.60. The van der Waals surface area contributed by atoms with Crippen molar-refractivity contribution in [3.63, 3.8) is 0 Å². The third kappa shape index (κ3) is 2.08. The summed E-state index contributed by atoms with van der Waals surface area (Å²) < 4.78 is 2.21. The molecule has 1 rings (SSSR count). The minimum absolute atomic E-state index is 0.416. The van der Waals surface area contributed by atoms with Crippen LogP contribution in [0.3, 0.4) is 0 Å². The van der Waals surface area contributed by atoms with Crippen LogP contribution in [0, 0.1) is 11.3 Å². The second kappa shape index (κ2) is 4.11. The van der Waals surface area contributed by atoms with E-state index < -0.39 is 0 Å². The summed E-state index contributed by atoms with van der Waals surface area (Å²) in [4.78, 5) is 0. The van der Waals surface area contributed by atoms with Crippen LogP contribution in [0.15, 0.2) is 0 Å². The van der Waals surface area contributed by atoms with Crippen molar-refractivity contribution in [2.45, 2.75) is 12.5 Å². The Morgan fingerprint density at radius 1 is 1.80 bits per heavy atom. The molecule has 4 heteroatoms. The van der Waals surface area contributed by atoms with Gasteiger partial charge in [-0.1, -0.05) is 0 Å². The van der Waals surface area contributed by atoms with E-state index in [1.54, 1.807) is 0 Å². The van der Waals surface area contributed by atoms with Gasteiger partial charge in [0.15, 0.2) is 0 Å². The summed E-state index contributed by atoms with van der Waals surface area (Å²) >= 11 is 2.28. The fraction of sp³-hybridized carbons (Fsp3) is 0.833. The standard InChI is InChI=1S/C6H10IN3/c7-10-4-3-9-5-6(10)1-2-8/h6,9H,1,3-5H2. The van der Waals surface area contributed by atoms with Crippen LogP contribution in [0.2, 0.25) is 0 Å². The highest BCUT2D eigenvalue weighted by atomic mass is 127. The van der Waals surface area contributed by atoms with Gasteiger partial charge in [0, 0.05) is 48.5 Å². The van der Waals surface area contributed by atoms with Crippen molar-refractivity contribution in [2.24, 2.45) is 0 Å². The molecule has 1 fully saturated rings. The lowest BCUT2D eigenvalue weighted by Gasteiger charge is -2.29. The number of nitriles is 1. The second-order valence-electron chi connectivity index (χ2n) is 2.34. The lowest BCUT2D eigenvalue weighted by molar-refractivity contribution is 0.318. The average molecular weight is 251 g/mol. The Hall–Kier alpha value is 0.140. The molecule has 0 aliphatic carbocycles. The fourth-order valence-corrected chi connectivity index (χ4v) is 1.65. The van der Waals surface area contributed by atoms with Crippen molar-refractivity contribution in [1.82, 2.24) is 8.43 Å². The molecular weight excluding hydrogens is 241 g/mol. The molecule has 3 nitrogen and oxygen atoms in total. The Morgan fingerprint density at radius 3 is 3.20 bits per heavy atom. The van der Waals surface area contributed by atoms with Crippen molar-refractivity contribution in [3.05, 3.63) is 0 Å². The van der Waals surface area contributed by atoms with Crippen LogP contribution in [-0.2, 0) is 0 Å². The van der Waals surface area contributed by atoms with Gasteiger partial charge in [-0.3, -0.25) is 0 Å². The molecule has 1 saturated heterocycles. The van der Waals surface area contributed by atoms with E-state index in [1.807, 2.05) is 0 Å². The van der Waals surface area contributed by atoms with Crippen LogP contribution in [0.1, 0.15) is 6.42 Å². The lowest BCUT2D eigenvalue weighted by Crippen LogP contribution is -2.46. The third-order valence-corrected chi connectivity index (χ3v) is 2.88. The van der Waals surface area contributed by atoms with E-state index in [9.17, 15) is 0 Å². The van der Waals surface area contributed by atoms with Gasteiger partial charge in [-0.25, -0.2) is 3.11 Å². The van der Waals surface area contributed by atoms with E-state index in [4.69, 9.17) is 5.26 Å². The minimum Gasteiger partial charge on any atom is -0.314 e. The lowest BCUT2D eigenvalue weighted by atomic mass is 10.2. The summed E-state index contributed by atoms with van der Waals surface area (Å²) in [6.45, 7) is 3.05. The summed E-state index contributed by atoms with van der Waals surface area (Å²) in [5, 5.41) is 11.7. The van der Waals surface area contributed by atoms with Gasteiger partial charge in [0.1, 0.15) is 0 Å². The maximum atomic E-state index is 8.43. The molecule has 1 heterocycles. The van der Waals surface area contributed by atoms with Crippen LogP contribution in [-0.4, -0.2) is 28.8 Å². The molecule has 1 N–H and O–H groups in total. The van der Waals surface area contributed by atoms with Crippen LogP contribution in [0.4, 0.5) is 0 Å². The van der Waals surface area contributed by atoms with Gasteiger partial charge in [0.2, 0.25) is 0 Å². The van der Waals surface area contributed by atoms with Crippen molar-refractivity contribution < 1.29 is 0 Å². The van der Waals surface area contributed by atoms with Crippen LogP contribution in [0.25, 0.3) is 0 Å². The van der Waals surface area contributed by atoms with E-state index in [0.29, 0.717) is 12.5 Å².